The molecule has 5 heteroatoms. The number of carbonyl (C=O) groups excluding carboxylic acids is 1. The summed E-state index contributed by atoms with van der Waals surface area (Å²) in [5.41, 5.74) is 8.00. The van der Waals surface area contributed by atoms with Gasteiger partial charge in [0, 0.05) is 12.3 Å². The van der Waals surface area contributed by atoms with Crippen molar-refractivity contribution in [3.05, 3.63) is 58.0 Å². The number of anilines is 2. The molecule has 2 aromatic rings. The first-order chi connectivity index (χ1) is 8.56. The van der Waals surface area contributed by atoms with Gasteiger partial charge in [-0.1, -0.05) is 6.07 Å². The Morgan fingerprint density at radius 1 is 1.28 bits per heavy atom. The Bertz CT molecular complexity index is 626. The van der Waals surface area contributed by atoms with Crippen LogP contribution in [0.2, 0.25) is 0 Å². The van der Waals surface area contributed by atoms with Crippen LogP contribution in [-0.4, -0.2) is 10.9 Å². The number of aromatic nitrogens is 1. The Balaban J connectivity index is 2.21. The number of benzene rings is 1. The van der Waals surface area contributed by atoms with Crippen LogP contribution in [0.3, 0.4) is 0 Å². The van der Waals surface area contributed by atoms with Crippen LogP contribution in [0.1, 0.15) is 15.9 Å². The minimum Gasteiger partial charge on any atom is -0.397 e. The van der Waals surface area contributed by atoms with Gasteiger partial charge in [-0.15, -0.1) is 0 Å². The minimum atomic E-state index is -0.318. The minimum absolute atomic E-state index is 0.249. The Kier molecular flexibility index (Phi) is 3.14. The molecule has 4 N–H and O–H groups in total. The van der Waals surface area contributed by atoms with E-state index < -0.39 is 0 Å². The summed E-state index contributed by atoms with van der Waals surface area (Å²) in [6.07, 6.45) is 1.36. The summed E-state index contributed by atoms with van der Waals surface area (Å²) in [6.45, 7) is 1.92. The van der Waals surface area contributed by atoms with Gasteiger partial charge in [-0.3, -0.25) is 9.59 Å². The Hall–Kier alpha value is -2.56. The molecule has 0 radical (unpaired) electrons. The first-order valence-corrected chi connectivity index (χ1v) is 5.42. The summed E-state index contributed by atoms with van der Waals surface area (Å²) >= 11 is 0. The molecule has 0 aliphatic rings. The quantitative estimate of drug-likeness (QED) is 0.699. The van der Waals surface area contributed by atoms with Gasteiger partial charge in [0.25, 0.3) is 5.91 Å². The highest BCUT2D eigenvalue weighted by molar-refractivity contribution is 6.05. The van der Waals surface area contributed by atoms with Crippen LogP contribution >= 0.6 is 0 Å². The lowest BCUT2D eigenvalue weighted by Crippen LogP contribution is -2.15. The maximum atomic E-state index is 11.9. The average molecular weight is 243 g/mol. The number of nitrogens with one attached hydrogen (secondary N) is 2. The maximum Gasteiger partial charge on any atom is 0.257 e. The van der Waals surface area contributed by atoms with Crippen LogP contribution in [0.25, 0.3) is 0 Å². The molecule has 18 heavy (non-hydrogen) atoms. The number of hydrogen-bond acceptors (Lipinski definition) is 3. The summed E-state index contributed by atoms with van der Waals surface area (Å²) in [7, 11) is 0. The molecule has 0 fully saturated rings. The summed E-state index contributed by atoms with van der Waals surface area (Å²) in [5, 5.41) is 2.69. The highest BCUT2D eigenvalue weighted by Gasteiger charge is 2.07. The second-order valence-corrected chi connectivity index (χ2v) is 3.99. The van der Waals surface area contributed by atoms with E-state index in [1.807, 2.05) is 13.0 Å². The standard InChI is InChI=1S/C13H13N3O2/c1-8-2-4-11(10(14)6-8)16-13(18)9-3-5-12(17)15-7-9/h2-7H,14H2,1H3,(H,15,17)(H,16,18). The van der Waals surface area contributed by atoms with Gasteiger partial charge in [0.2, 0.25) is 5.56 Å². The largest absolute Gasteiger partial charge is 0.397 e. The zero-order valence-corrected chi connectivity index (χ0v) is 9.86. The molecule has 0 saturated carbocycles. The fraction of sp³-hybridized carbons (Fsp3) is 0.0769. The topological polar surface area (TPSA) is 88.0 Å². The molecular formula is C13H13N3O2. The van der Waals surface area contributed by atoms with Crippen molar-refractivity contribution in [1.82, 2.24) is 4.98 Å². The number of aryl methyl sites for hydroxylation is 1. The molecule has 0 bridgehead atoms. The molecule has 0 aliphatic carbocycles. The second kappa shape index (κ2) is 4.75. The van der Waals surface area contributed by atoms with Crippen molar-refractivity contribution in [1.29, 1.82) is 0 Å². The molecule has 92 valence electrons. The lowest BCUT2D eigenvalue weighted by Gasteiger charge is -2.08. The van der Waals surface area contributed by atoms with Gasteiger partial charge in [-0.05, 0) is 30.7 Å². The molecule has 1 heterocycles. The fourth-order valence-electron chi connectivity index (χ4n) is 1.54. The van der Waals surface area contributed by atoms with E-state index in [0.717, 1.165) is 5.56 Å². The molecule has 0 atom stereocenters. The normalized spacial score (nSPS) is 10.1. The van der Waals surface area contributed by atoms with E-state index >= 15 is 0 Å². The number of amides is 1. The van der Waals surface area contributed by atoms with E-state index in [0.29, 0.717) is 16.9 Å². The van der Waals surface area contributed by atoms with Gasteiger partial charge in [-0.25, -0.2) is 0 Å². The van der Waals surface area contributed by atoms with Crippen molar-refractivity contribution >= 4 is 17.3 Å². The van der Waals surface area contributed by atoms with Crippen LogP contribution in [0.5, 0.6) is 0 Å². The first-order valence-electron chi connectivity index (χ1n) is 5.42. The monoisotopic (exact) mass is 243 g/mol. The van der Waals surface area contributed by atoms with Crippen LogP contribution in [-0.2, 0) is 0 Å². The van der Waals surface area contributed by atoms with Gasteiger partial charge in [0.15, 0.2) is 0 Å². The van der Waals surface area contributed by atoms with Gasteiger partial charge < -0.3 is 16.0 Å². The fourth-order valence-corrected chi connectivity index (χ4v) is 1.54. The number of hydrogen-bond donors (Lipinski definition) is 3. The number of nitrogen functional groups attached to an aromatic ring is 1. The number of H-pyrrole nitrogens is 1. The molecule has 1 aromatic heterocycles. The Morgan fingerprint density at radius 3 is 2.67 bits per heavy atom. The molecule has 0 saturated heterocycles. The molecule has 5 nitrogen and oxygen atoms in total. The van der Waals surface area contributed by atoms with Crippen molar-refractivity contribution in [2.75, 3.05) is 11.1 Å². The molecule has 2 rings (SSSR count). The van der Waals surface area contributed by atoms with E-state index in [-0.39, 0.29) is 11.5 Å². The number of rotatable bonds is 2. The first kappa shape index (κ1) is 11.9. The third kappa shape index (κ3) is 2.57. The highest BCUT2D eigenvalue weighted by Crippen LogP contribution is 2.19. The van der Waals surface area contributed by atoms with Crippen molar-refractivity contribution in [2.24, 2.45) is 0 Å². The molecule has 0 aliphatic heterocycles. The Morgan fingerprint density at radius 2 is 2.06 bits per heavy atom. The van der Waals surface area contributed by atoms with Crippen LogP contribution in [0.4, 0.5) is 11.4 Å². The second-order valence-electron chi connectivity index (χ2n) is 3.99. The number of aromatic amines is 1. The molecule has 0 spiro atoms. The van der Waals surface area contributed by atoms with E-state index in [9.17, 15) is 9.59 Å². The van der Waals surface area contributed by atoms with E-state index in [1.165, 1.54) is 18.3 Å². The van der Waals surface area contributed by atoms with Gasteiger partial charge in [-0.2, -0.15) is 0 Å². The smallest absolute Gasteiger partial charge is 0.257 e. The van der Waals surface area contributed by atoms with Crippen molar-refractivity contribution in [3.8, 4) is 0 Å². The number of carbonyl (C=O) groups is 1. The molecule has 1 amide bonds. The van der Waals surface area contributed by atoms with E-state index in [2.05, 4.69) is 10.3 Å². The lowest BCUT2D eigenvalue weighted by molar-refractivity contribution is 0.102. The number of pyridine rings is 1. The Labute approximate surface area is 104 Å². The van der Waals surface area contributed by atoms with Crippen molar-refractivity contribution < 1.29 is 4.79 Å². The van der Waals surface area contributed by atoms with E-state index in [4.69, 9.17) is 5.73 Å². The third-order valence-electron chi connectivity index (χ3n) is 2.50. The predicted octanol–water partition coefficient (Wildman–Crippen LogP) is 1.52. The number of nitrogens with two attached hydrogens (primary N) is 1. The van der Waals surface area contributed by atoms with Crippen LogP contribution in [0.15, 0.2) is 41.3 Å². The average Bonchev–Trinajstić information content (AvgIpc) is 2.33. The zero-order valence-electron chi connectivity index (χ0n) is 9.86. The molecular weight excluding hydrogens is 230 g/mol. The maximum absolute atomic E-state index is 11.9. The summed E-state index contributed by atoms with van der Waals surface area (Å²) < 4.78 is 0. The molecule has 0 unspecified atom stereocenters. The lowest BCUT2D eigenvalue weighted by atomic mass is 10.2. The summed E-state index contributed by atoms with van der Waals surface area (Å²) in [4.78, 5) is 25.2. The summed E-state index contributed by atoms with van der Waals surface area (Å²) in [5.74, 6) is -0.318. The van der Waals surface area contributed by atoms with E-state index in [1.54, 1.807) is 12.1 Å². The van der Waals surface area contributed by atoms with Crippen molar-refractivity contribution in [3.63, 3.8) is 0 Å². The summed E-state index contributed by atoms with van der Waals surface area (Å²) in [6, 6.07) is 8.14. The SMILES string of the molecule is Cc1ccc(NC(=O)c2ccc(=O)[nH]c2)c(N)c1. The predicted molar refractivity (Wildman–Crippen MR) is 70.6 cm³/mol. The highest BCUT2D eigenvalue weighted by atomic mass is 16.1. The van der Waals surface area contributed by atoms with Gasteiger partial charge in [0.1, 0.15) is 0 Å². The third-order valence-corrected chi connectivity index (χ3v) is 2.50. The van der Waals surface area contributed by atoms with Crippen molar-refractivity contribution in [2.45, 2.75) is 6.92 Å². The zero-order chi connectivity index (χ0) is 13.1. The van der Waals surface area contributed by atoms with Gasteiger partial charge in [0.05, 0.1) is 16.9 Å². The van der Waals surface area contributed by atoms with Crippen LogP contribution < -0.4 is 16.6 Å². The molecule has 1 aromatic carbocycles. The van der Waals surface area contributed by atoms with Gasteiger partial charge >= 0.3 is 0 Å². The van der Waals surface area contributed by atoms with Crippen LogP contribution in [0, 0.1) is 6.92 Å².